The van der Waals surface area contributed by atoms with Gasteiger partial charge in [-0.1, -0.05) is 30.3 Å². The predicted molar refractivity (Wildman–Crippen MR) is 93.8 cm³/mol. The molecular formula is C18H18N4OS. The number of benzene rings is 1. The minimum atomic E-state index is 0.0306. The third-order valence-electron chi connectivity index (χ3n) is 4.34. The van der Waals surface area contributed by atoms with Gasteiger partial charge >= 0.3 is 0 Å². The normalized spacial score (nSPS) is 17.3. The summed E-state index contributed by atoms with van der Waals surface area (Å²) in [6, 6.07) is 12.1. The molecule has 0 spiro atoms. The van der Waals surface area contributed by atoms with Gasteiger partial charge in [0.15, 0.2) is 0 Å². The number of hydrogen-bond acceptors (Lipinski definition) is 4. The van der Waals surface area contributed by atoms with E-state index in [1.807, 2.05) is 57.6 Å². The molecule has 5 nitrogen and oxygen atoms in total. The van der Waals surface area contributed by atoms with Gasteiger partial charge in [-0.25, -0.2) is 4.98 Å². The van der Waals surface area contributed by atoms with Gasteiger partial charge in [-0.2, -0.15) is 5.10 Å². The zero-order valence-electron chi connectivity index (χ0n) is 13.2. The number of carbonyl (C=O) groups excluding carboxylic acids is 1. The summed E-state index contributed by atoms with van der Waals surface area (Å²) < 4.78 is 1.90. The number of thiazole rings is 1. The Kier molecular flexibility index (Phi) is 4.13. The molecule has 2 aromatic heterocycles. The van der Waals surface area contributed by atoms with E-state index >= 15 is 0 Å². The van der Waals surface area contributed by atoms with Crippen molar-refractivity contribution in [2.75, 3.05) is 6.54 Å². The Morgan fingerprint density at radius 3 is 2.92 bits per heavy atom. The second-order valence-corrected chi connectivity index (χ2v) is 6.78. The molecule has 0 saturated carbocycles. The number of rotatable bonds is 4. The summed E-state index contributed by atoms with van der Waals surface area (Å²) in [7, 11) is 0. The molecule has 0 N–H and O–H groups in total. The number of carbonyl (C=O) groups is 1. The lowest BCUT2D eigenvalue weighted by molar-refractivity contribution is 0.0716. The van der Waals surface area contributed by atoms with E-state index in [-0.39, 0.29) is 11.9 Å². The summed E-state index contributed by atoms with van der Waals surface area (Å²) in [5.41, 5.74) is 1.60. The highest BCUT2D eigenvalue weighted by molar-refractivity contribution is 7.13. The van der Waals surface area contributed by atoms with Crippen LogP contribution >= 0.6 is 11.3 Å². The summed E-state index contributed by atoms with van der Waals surface area (Å²) in [6.45, 7) is 1.54. The Balaban J connectivity index is 1.52. The maximum Gasteiger partial charge on any atom is 0.273 e. The molecule has 3 heterocycles. The maximum absolute atomic E-state index is 12.9. The van der Waals surface area contributed by atoms with E-state index in [0.29, 0.717) is 5.69 Å². The van der Waals surface area contributed by atoms with E-state index in [9.17, 15) is 4.79 Å². The number of hydrogen-bond donors (Lipinski definition) is 0. The van der Waals surface area contributed by atoms with Gasteiger partial charge in [0, 0.05) is 29.9 Å². The van der Waals surface area contributed by atoms with Crippen molar-refractivity contribution in [2.24, 2.45) is 0 Å². The van der Waals surface area contributed by atoms with Crippen molar-refractivity contribution in [3.63, 3.8) is 0 Å². The van der Waals surface area contributed by atoms with Crippen LogP contribution in [0, 0.1) is 0 Å². The van der Waals surface area contributed by atoms with Gasteiger partial charge < -0.3 is 4.90 Å². The molecule has 122 valence electrons. The Hall–Kier alpha value is -2.47. The Morgan fingerprint density at radius 2 is 2.12 bits per heavy atom. The summed E-state index contributed by atoms with van der Waals surface area (Å²) in [5.74, 6) is 0.0306. The molecule has 24 heavy (non-hydrogen) atoms. The Bertz CT molecular complexity index is 813. The van der Waals surface area contributed by atoms with Crippen molar-refractivity contribution >= 4 is 17.2 Å². The van der Waals surface area contributed by atoms with Crippen molar-refractivity contribution in [3.05, 3.63) is 59.9 Å². The summed E-state index contributed by atoms with van der Waals surface area (Å²) in [4.78, 5) is 19.4. The highest BCUT2D eigenvalue weighted by atomic mass is 32.1. The average molecular weight is 338 g/mol. The van der Waals surface area contributed by atoms with Crippen molar-refractivity contribution in [3.8, 4) is 10.6 Å². The van der Waals surface area contributed by atoms with Crippen LogP contribution in [0.25, 0.3) is 10.6 Å². The van der Waals surface area contributed by atoms with Crippen LogP contribution in [0.5, 0.6) is 0 Å². The molecule has 1 unspecified atom stereocenters. The molecule has 1 amide bonds. The number of nitrogens with zero attached hydrogens (tertiary/aromatic N) is 4. The minimum Gasteiger partial charge on any atom is -0.332 e. The smallest absolute Gasteiger partial charge is 0.273 e. The number of amides is 1. The van der Waals surface area contributed by atoms with Crippen LogP contribution in [0.3, 0.4) is 0 Å². The van der Waals surface area contributed by atoms with Gasteiger partial charge in [-0.15, -0.1) is 11.3 Å². The topological polar surface area (TPSA) is 51.0 Å². The lowest BCUT2D eigenvalue weighted by Gasteiger charge is -2.23. The van der Waals surface area contributed by atoms with E-state index in [1.54, 1.807) is 6.20 Å². The Morgan fingerprint density at radius 1 is 1.25 bits per heavy atom. The van der Waals surface area contributed by atoms with Crippen LogP contribution in [0.1, 0.15) is 23.3 Å². The van der Waals surface area contributed by atoms with Crippen LogP contribution < -0.4 is 0 Å². The first-order chi connectivity index (χ1) is 11.8. The van der Waals surface area contributed by atoms with Gasteiger partial charge in [-0.05, 0) is 18.9 Å². The molecule has 1 saturated heterocycles. The van der Waals surface area contributed by atoms with Crippen LogP contribution in [0.4, 0.5) is 0 Å². The second kappa shape index (κ2) is 6.57. The molecule has 0 aliphatic carbocycles. The third kappa shape index (κ3) is 2.97. The molecule has 1 atom stereocenters. The van der Waals surface area contributed by atoms with E-state index in [4.69, 9.17) is 0 Å². The van der Waals surface area contributed by atoms with Crippen LogP contribution in [-0.2, 0) is 6.54 Å². The molecule has 1 aliphatic rings. The van der Waals surface area contributed by atoms with E-state index in [1.165, 1.54) is 11.3 Å². The fourth-order valence-corrected chi connectivity index (χ4v) is 3.95. The van der Waals surface area contributed by atoms with Crippen LogP contribution in [0.2, 0.25) is 0 Å². The zero-order chi connectivity index (χ0) is 16.4. The SMILES string of the molecule is O=C(c1csc(-c2ccccc2)n1)N1CCCC1Cn1cccn1. The Labute approximate surface area is 144 Å². The van der Waals surface area contributed by atoms with Crippen LogP contribution in [-0.4, -0.2) is 38.2 Å². The second-order valence-electron chi connectivity index (χ2n) is 5.93. The number of aromatic nitrogens is 3. The lowest BCUT2D eigenvalue weighted by Crippen LogP contribution is -2.38. The highest BCUT2D eigenvalue weighted by Gasteiger charge is 2.31. The van der Waals surface area contributed by atoms with Gasteiger partial charge in [-0.3, -0.25) is 9.48 Å². The quantitative estimate of drug-likeness (QED) is 0.733. The fourth-order valence-electron chi connectivity index (χ4n) is 3.15. The van der Waals surface area contributed by atoms with Gasteiger partial charge in [0.05, 0.1) is 12.6 Å². The number of likely N-dealkylation sites (tertiary alicyclic amines) is 1. The van der Waals surface area contributed by atoms with Crippen molar-refractivity contribution in [2.45, 2.75) is 25.4 Å². The fraction of sp³-hybridized carbons (Fsp3) is 0.278. The monoisotopic (exact) mass is 338 g/mol. The first-order valence-corrected chi connectivity index (χ1v) is 8.98. The maximum atomic E-state index is 12.9. The molecule has 0 bridgehead atoms. The molecule has 1 fully saturated rings. The van der Waals surface area contributed by atoms with Crippen molar-refractivity contribution in [1.29, 1.82) is 0 Å². The van der Waals surface area contributed by atoms with Crippen molar-refractivity contribution in [1.82, 2.24) is 19.7 Å². The largest absolute Gasteiger partial charge is 0.332 e. The first-order valence-electron chi connectivity index (χ1n) is 8.10. The van der Waals surface area contributed by atoms with Crippen LogP contribution in [0.15, 0.2) is 54.2 Å². The molecule has 1 aliphatic heterocycles. The zero-order valence-corrected chi connectivity index (χ0v) is 14.0. The molecule has 4 rings (SSSR count). The molecular weight excluding hydrogens is 320 g/mol. The van der Waals surface area contributed by atoms with Gasteiger partial charge in [0.25, 0.3) is 5.91 Å². The standard InChI is InChI=1S/C18H18N4OS/c23-18(16-13-24-17(20-16)14-6-2-1-3-7-14)22-11-4-8-15(22)12-21-10-5-9-19-21/h1-3,5-7,9-10,13,15H,4,8,11-12H2. The molecule has 1 aromatic carbocycles. The predicted octanol–water partition coefficient (Wildman–Crippen LogP) is 3.31. The molecule has 3 aromatic rings. The minimum absolute atomic E-state index is 0.0306. The third-order valence-corrected chi connectivity index (χ3v) is 5.23. The van der Waals surface area contributed by atoms with E-state index in [2.05, 4.69) is 10.1 Å². The highest BCUT2D eigenvalue weighted by Crippen LogP contribution is 2.26. The summed E-state index contributed by atoms with van der Waals surface area (Å²) in [5, 5.41) is 7.01. The summed E-state index contributed by atoms with van der Waals surface area (Å²) >= 11 is 1.52. The van der Waals surface area contributed by atoms with E-state index in [0.717, 1.165) is 36.5 Å². The van der Waals surface area contributed by atoms with E-state index < -0.39 is 0 Å². The average Bonchev–Trinajstić information content (AvgIpc) is 3.37. The van der Waals surface area contributed by atoms with Gasteiger partial charge in [0.1, 0.15) is 10.7 Å². The molecule has 0 radical (unpaired) electrons. The molecule has 6 heteroatoms. The first kappa shape index (κ1) is 15.1. The lowest BCUT2D eigenvalue weighted by atomic mass is 10.2. The summed E-state index contributed by atoms with van der Waals surface area (Å²) in [6.07, 6.45) is 5.76. The van der Waals surface area contributed by atoms with Crippen molar-refractivity contribution < 1.29 is 4.79 Å². The van der Waals surface area contributed by atoms with Gasteiger partial charge in [0.2, 0.25) is 0 Å².